The number of amides is 1. The summed E-state index contributed by atoms with van der Waals surface area (Å²) in [5, 5.41) is 0. The summed E-state index contributed by atoms with van der Waals surface area (Å²) < 4.78 is 13.1. The van der Waals surface area contributed by atoms with Crippen molar-refractivity contribution in [2.24, 2.45) is 5.41 Å². The van der Waals surface area contributed by atoms with Gasteiger partial charge < -0.3 is 4.90 Å². The molecule has 0 spiro atoms. The van der Waals surface area contributed by atoms with Crippen molar-refractivity contribution >= 4 is 11.6 Å². The monoisotopic (exact) mass is 339 g/mol. The fraction of sp³-hybridized carbons (Fsp3) is 0.409. The number of rotatable bonds is 2. The van der Waals surface area contributed by atoms with E-state index in [0.717, 1.165) is 30.6 Å². The average molecular weight is 339 g/mol. The summed E-state index contributed by atoms with van der Waals surface area (Å²) in [7, 11) is 0. The van der Waals surface area contributed by atoms with Crippen molar-refractivity contribution in [1.82, 2.24) is 0 Å². The SMILES string of the molecule is CC(=O)N1CCC(C(C)(C)C)c2cc(Cc3ccc(F)cc3)ccc21. The Morgan fingerprint density at radius 3 is 2.36 bits per heavy atom. The first-order valence-corrected chi connectivity index (χ1v) is 8.91. The summed E-state index contributed by atoms with van der Waals surface area (Å²) in [5.74, 6) is 0.310. The van der Waals surface area contributed by atoms with Crippen molar-refractivity contribution in [2.45, 2.75) is 46.5 Å². The van der Waals surface area contributed by atoms with E-state index in [0.29, 0.717) is 5.92 Å². The number of fused-ring (bicyclic) bond motifs is 1. The fourth-order valence-electron chi connectivity index (χ4n) is 3.84. The molecule has 1 heterocycles. The maximum atomic E-state index is 13.1. The maximum Gasteiger partial charge on any atom is 0.223 e. The number of halogens is 1. The molecule has 0 radical (unpaired) electrons. The molecular weight excluding hydrogens is 313 g/mol. The van der Waals surface area contributed by atoms with Crippen LogP contribution in [-0.4, -0.2) is 12.5 Å². The Hall–Kier alpha value is -2.16. The Morgan fingerprint density at radius 1 is 1.12 bits per heavy atom. The highest BCUT2D eigenvalue weighted by atomic mass is 19.1. The molecule has 0 bridgehead atoms. The minimum absolute atomic E-state index is 0.0971. The highest BCUT2D eigenvalue weighted by molar-refractivity contribution is 5.93. The van der Waals surface area contributed by atoms with Gasteiger partial charge in [-0.2, -0.15) is 0 Å². The number of carbonyl (C=O) groups excluding carboxylic acids is 1. The molecule has 2 aromatic carbocycles. The lowest BCUT2D eigenvalue weighted by Crippen LogP contribution is -2.37. The van der Waals surface area contributed by atoms with Crippen molar-refractivity contribution in [3.05, 3.63) is 65.0 Å². The standard InChI is InChI=1S/C22H26FNO/c1-15(25)24-12-11-20(22(2,3)4)19-14-17(7-10-21(19)24)13-16-5-8-18(23)9-6-16/h5-10,14,20H,11-13H2,1-4H3. The van der Waals surface area contributed by atoms with E-state index in [-0.39, 0.29) is 17.1 Å². The average Bonchev–Trinajstić information content (AvgIpc) is 2.54. The molecule has 1 atom stereocenters. The zero-order valence-electron chi connectivity index (χ0n) is 15.5. The second-order valence-corrected chi connectivity index (χ2v) is 8.07. The van der Waals surface area contributed by atoms with Crippen LogP contribution in [0.4, 0.5) is 10.1 Å². The molecular formula is C22H26FNO. The molecule has 0 fully saturated rings. The molecule has 0 aromatic heterocycles. The van der Waals surface area contributed by atoms with Crippen molar-refractivity contribution in [1.29, 1.82) is 0 Å². The second-order valence-electron chi connectivity index (χ2n) is 8.07. The van der Waals surface area contributed by atoms with Crippen LogP contribution in [-0.2, 0) is 11.2 Å². The van der Waals surface area contributed by atoms with Gasteiger partial charge in [-0.25, -0.2) is 4.39 Å². The van der Waals surface area contributed by atoms with E-state index in [1.807, 2.05) is 17.0 Å². The van der Waals surface area contributed by atoms with Crippen molar-refractivity contribution in [3.8, 4) is 0 Å². The highest BCUT2D eigenvalue weighted by Gasteiger charge is 2.34. The molecule has 0 saturated carbocycles. The smallest absolute Gasteiger partial charge is 0.223 e. The van der Waals surface area contributed by atoms with Crippen LogP contribution in [0.3, 0.4) is 0 Å². The van der Waals surface area contributed by atoms with E-state index < -0.39 is 0 Å². The molecule has 0 saturated heterocycles. The number of anilines is 1. The number of hydrogen-bond donors (Lipinski definition) is 0. The molecule has 0 aliphatic carbocycles. The minimum atomic E-state index is -0.209. The van der Waals surface area contributed by atoms with Gasteiger partial charge in [0, 0.05) is 19.2 Å². The van der Waals surface area contributed by atoms with Gasteiger partial charge in [0.1, 0.15) is 5.82 Å². The summed E-state index contributed by atoms with van der Waals surface area (Å²) in [6.45, 7) is 9.20. The van der Waals surface area contributed by atoms with Gasteiger partial charge in [-0.05, 0) is 59.1 Å². The van der Waals surface area contributed by atoms with E-state index in [2.05, 4.69) is 39.0 Å². The van der Waals surface area contributed by atoms with Crippen molar-refractivity contribution in [3.63, 3.8) is 0 Å². The molecule has 132 valence electrons. The van der Waals surface area contributed by atoms with E-state index in [9.17, 15) is 9.18 Å². The lowest BCUT2D eigenvalue weighted by molar-refractivity contribution is -0.116. The Morgan fingerprint density at radius 2 is 1.76 bits per heavy atom. The molecule has 25 heavy (non-hydrogen) atoms. The van der Waals surface area contributed by atoms with Crippen LogP contribution in [0.1, 0.15) is 56.7 Å². The third-order valence-electron chi connectivity index (χ3n) is 5.15. The van der Waals surface area contributed by atoms with Crippen LogP contribution in [0.25, 0.3) is 0 Å². The normalized spacial score (nSPS) is 17.3. The molecule has 1 amide bonds. The predicted octanol–water partition coefficient (Wildman–Crippen LogP) is 5.30. The molecule has 3 rings (SSSR count). The Labute approximate surface area is 149 Å². The quantitative estimate of drug-likeness (QED) is 0.727. The van der Waals surface area contributed by atoms with Crippen LogP contribution in [0.2, 0.25) is 0 Å². The molecule has 2 aromatic rings. The van der Waals surface area contributed by atoms with Crippen molar-refractivity contribution in [2.75, 3.05) is 11.4 Å². The van der Waals surface area contributed by atoms with Crippen LogP contribution >= 0.6 is 0 Å². The number of nitrogens with zero attached hydrogens (tertiary/aromatic N) is 1. The molecule has 1 aliphatic rings. The fourth-order valence-corrected chi connectivity index (χ4v) is 3.84. The molecule has 0 N–H and O–H groups in total. The van der Waals surface area contributed by atoms with Crippen LogP contribution < -0.4 is 4.90 Å². The topological polar surface area (TPSA) is 20.3 Å². The third kappa shape index (κ3) is 3.76. The molecule has 1 unspecified atom stereocenters. The summed E-state index contributed by atoms with van der Waals surface area (Å²) in [6.07, 6.45) is 1.75. The van der Waals surface area contributed by atoms with E-state index in [4.69, 9.17) is 0 Å². The molecule has 3 heteroatoms. The van der Waals surface area contributed by atoms with Gasteiger partial charge in [0.15, 0.2) is 0 Å². The van der Waals surface area contributed by atoms with Gasteiger partial charge in [-0.15, -0.1) is 0 Å². The second kappa shape index (κ2) is 6.62. The van der Waals surface area contributed by atoms with E-state index in [1.165, 1.54) is 23.3 Å². The summed E-state index contributed by atoms with van der Waals surface area (Å²) in [6, 6.07) is 13.1. The minimum Gasteiger partial charge on any atom is -0.312 e. The number of benzene rings is 2. The predicted molar refractivity (Wildman–Crippen MR) is 100 cm³/mol. The highest BCUT2D eigenvalue weighted by Crippen LogP contribution is 2.45. The van der Waals surface area contributed by atoms with Gasteiger partial charge >= 0.3 is 0 Å². The Balaban J connectivity index is 1.99. The zero-order chi connectivity index (χ0) is 18.2. The van der Waals surface area contributed by atoms with Gasteiger partial charge in [0.2, 0.25) is 5.91 Å². The first-order valence-electron chi connectivity index (χ1n) is 8.91. The number of carbonyl (C=O) groups is 1. The van der Waals surface area contributed by atoms with Crippen LogP contribution in [0, 0.1) is 11.2 Å². The number of hydrogen-bond acceptors (Lipinski definition) is 1. The zero-order valence-corrected chi connectivity index (χ0v) is 15.5. The lowest BCUT2D eigenvalue weighted by atomic mass is 9.72. The maximum absolute atomic E-state index is 13.1. The Bertz CT molecular complexity index is 774. The Kier molecular flexibility index (Phi) is 4.68. The van der Waals surface area contributed by atoms with Crippen LogP contribution in [0.15, 0.2) is 42.5 Å². The lowest BCUT2D eigenvalue weighted by Gasteiger charge is -2.40. The van der Waals surface area contributed by atoms with E-state index in [1.54, 1.807) is 6.92 Å². The van der Waals surface area contributed by atoms with E-state index >= 15 is 0 Å². The summed E-state index contributed by atoms with van der Waals surface area (Å²) in [4.78, 5) is 13.9. The summed E-state index contributed by atoms with van der Waals surface area (Å²) >= 11 is 0. The molecule has 1 aliphatic heterocycles. The van der Waals surface area contributed by atoms with Gasteiger partial charge in [-0.1, -0.05) is 45.0 Å². The van der Waals surface area contributed by atoms with Gasteiger partial charge in [-0.3, -0.25) is 4.79 Å². The largest absolute Gasteiger partial charge is 0.312 e. The first kappa shape index (κ1) is 17.7. The third-order valence-corrected chi connectivity index (χ3v) is 5.15. The van der Waals surface area contributed by atoms with Crippen LogP contribution in [0.5, 0.6) is 0 Å². The molecule has 2 nitrogen and oxygen atoms in total. The van der Waals surface area contributed by atoms with Gasteiger partial charge in [0.25, 0.3) is 0 Å². The van der Waals surface area contributed by atoms with Gasteiger partial charge in [0.05, 0.1) is 0 Å². The first-order chi connectivity index (χ1) is 11.8. The summed E-state index contributed by atoms with van der Waals surface area (Å²) in [5.41, 5.74) is 4.74. The van der Waals surface area contributed by atoms with Crippen molar-refractivity contribution < 1.29 is 9.18 Å².